The second-order valence-electron chi connectivity index (χ2n) is 6.64. The number of ether oxygens (including phenoxy) is 2. The second kappa shape index (κ2) is 7.88. The van der Waals surface area contributed by atoms with E-state index in [1.54, 1.807) is 0 Å². The van der Waals surface area contributed by atoms with Gasteiger partial charge in [-0.05, 0) is 35.8 Å². The van der Waals surface area contributed by atoms with Crippen molar-refractivity contribution in [3.8, 4) is 11.5 Å². The molecule has 0 radical (unpaired) electrons. The van der Waals surface area contributed by atoms with Crippen LogP contribution in [0.2, 0.25) is 0 Å². The van der Waals surface area contributed by atoms with E-state index in [9.17, 15) is 0 Å². The summed E-state index contributed by atoms with van der Waals surface area (Å²) < 4.78 is 17.7. The van der Waals surface area contributed by atoms with Crippen LogP contribution in [0.25, 0.3) is 10.2 Å². The van der Waals surface area contributed by atoms with Crippen LogP contribution in [0.1, 0.15) is 0 Å². The van der Waals surface area contributed by atoms with Crippen molar-refractivity contribution in [3.63, 3.8) is 0 Å². The molecule has 2 aromatic heterocycles. The fourth-order valence-electron chi connectivity index (χ4n) is 3.56. The lowest BCUT2D eigenvalue weighted by Crippen LogP contribution is -2.50. The third kappa shape index (κ3) is 3.67. The van der Waals surface area contributed by atoms with Crippen molar-refractivity contribution in [3.05, 3.63) is 42.6 Å². The molecular weight excluding hydrogens is 384 g/mol. The first-order valence-electron chi connectivity index (χ1n) is 8.93. The normalized spacial score (nSPS) is 19.7. The average molecular weight is 405 g/mol. The molecule has 0 unspecified atom stereocenters. The number of nitrogens with zero attached hydrogens (tertiary/aromatic N) is 4. The molecule has 1 fully saturated rings. The molecule has 1 saturated heterocycles. The first kappa shape index (κ1) is 18.3. The van der Waals surface area contributed by atoms with Gasteiger partial charge in [-0.1, -0.05) is 12.1 Å². The van der Waals surface area contributed by atoms with Crippen molar-refractivity contribution in [1.82, 2.24) is 14.3 Å². The Morgan fingerprint density at radius 3 is 2.70 bits per heavy atom. The van der Waals surface area contributed by atoms with Gasteiger partial charge in [-0.3, -0.25) is 9.88 Å². The third-order valence-corrected chi connectivity index (χ3v) is 5.70. The van der Waals surface area contributed by atoms with E-state index in [0.29, 0.717) is 6.61 Å². The van der Waals surface area contributed by atoms with E-state index in [0.717, 1.165) is 60.3 Å². The van der Waals surface area contributed by atoms with Gasteiger partial charge in [-0.25, -0.2) is 0 Å². The average Bonchev–Trinajstić information content (AvgIpc) is 3.13. The summed E-state index contributed by atoms with van der Waals surface area (Å²) in [6.07, 6.45) is 1.92. The van der Waals surface area contributed by atoms with Gasteiger partial charge in [-0.15, -0.1) is 12.4 Å². The molecular formula is C19H21ClN4O2S. The first-order valence-corrected chi connectivity index (χ1v) is 9.70. The summed E-state index contributed by atoms with van der Waals surface area (Å²) in [6.45, 7) is 5.40. The minimum absolute atomic E-state index is 0. The molecule has 27 heavy (non-hydrogen) atoms. The summed E-state index contributed by atoms with van der Waals surface area (Å²) in [6, 6.07) is 11.9. The van der Waals surface area contributed by atoms with Crippen LogP contribution < -0.4 is 14.4 Å². The summed E-state index contributed by atoms with van der Waals surface area (Å²) in [7, 11) is 0. The lowest BCUT2D eigenvalue weighted by molar-refractivity contribution is 0.0571. The Balaban J connectivity index is 0.00000180. The van der Waals surface area contributed by atoms with Gasteiger partial charge in [0.25, 0.3) is 0 Å². The highest BCUT2D eigenvalue weighted by Gasteiger charge is 2.26. The van der Waals surface area contributed by atoms with Gasteiger partial charge >= 0.3 is 0 Å². The fraction of sp³-hybridized carbons (Fsp3) is 0.368. The smallest absolute Gasteiger partial charge is 0.168 e. The van der Waals surface area contributed by atoms with E-state index in [-0.39, 0.29) is 18.5 Å². The number of pyridine rings is 1. The lowest BCUT2D eigenvalue weighted by Gasteiger charge is -2.37. The predicted octanol–water partition coefficient (Wildman–Crippen LogP) is 3.08. The summed E-state index contributed by atoms with van der Waals surface area (Å²) in [5, 5.41) is 0. The van der Waals surface area contributed by atoms with Crippen LogP contribution in [0.4, 0.5) is 5.82 Å². The van der Waals surface area contributed by atoms with Crippen LogP contribution >= 0.6 is 23.9 Å². The van der Waals surface area contributed by atoms with E-state index in [4.69, 9.17) is 9.47 Å². The maximum Gasteiger partial charge on any atom is 0.168 e. The predicted molar refractivity (Wildman–Crippen MR) is 110 cm³/mol. The van der Waals surface area contributed by atoms with Crippen LogP contribution in [-0.4, -0.2) is 59.7 Å². The van der Waals surface area contributed by atoms with Crippen LogP contribution in [0.5, 0.6) is 11.5 Å². The standard InChI is InChI=1S/C19H20N4O2S.ClH/c1-2-5-16-15(4-1)24-13-14(25-16)12-22-8-10-23(11-9-22)19-18-17(26-21-19)6-3-7-20-18;/h1-7,14H,8-13H2;1H/t14-;/m0./s1. The maximum atomic E-state index is 6.09. The first-order chi connectivity index (χ1) is 12.9. The molecule has 4 heterocycles. The zero-order valence-electron chi connectivity index (χ0n) is 14.8. The van der Waals surface area contributed by atoms with Crippen LogP contribution in [0.3, 0.4) is 0 Å². The minimum Gasteiger partial charge on any atom is -0.486 e. The summed E-state index contributed by atoms with van der Waals surface area (Å²) in [5.41, 5.74) is 1.02. The number of hydrogen-bond acceptors (Lipinski definition) is 7. The van der Waals surface area contributed by atoms with Gasteiger partial charge in [0.05, 0.1) is 4.70 Å². The van der Waals surface area contributed by atoms with Gasteiger partial charge < -0.3 is 14.4 Å². The zero-order valence-corrected chi connectivity index (χ0v) is 16.4. The van der Waals surface area contributed by atoms with Gasteiger partial charge in [0.1, 0.15) is 18.2 Å². The Kier molecular flexibility index (Phi) is 5.33. The van der Waals surface area contributed by atoms with Crippen molar-refractivity contribution < 1.29 is 9.47 Å². The Labute approximate surface area is 168 Å². The molecule has 2 aliphatic heterocycles. The van der Waals surface area contributed by atoms with Gasteiger partial charge in [0, 0.05) is 38.9 Å². The number of para-hydroxylation sites is 2. The Hall–Kier alpha value is -2.09. The summed E-state index contributed by atoms with van der Waals surface area (Å²) in [4.78, 5) is 9.29. The Bertz CT molecular complexity index is 913. The number of piperazine rings is 1. The number of aromatic nitrogens is 2. The summed E-state index contributed by atoms with van der Waals surface area (Å²) in [5.74, 6) is 2.72. The highest BCUT2D eigenvalue weighted by atomic mass is 35.5. The largest absolute Gasteiger partial charge is 0.486 e. The summed E-state index contributed by atoms with van der Waals surface area (Å²) >= 11 is 1.53. The molecule has 5 rings (SSSR count). The molecule has 0 amide bonds. The molecule has 6 nitrogen and oxygen atoms in total. The van der Waals surface area contributed by atoms with E-state index in [1.807, 2.05) is 36.5 Å². The van der Waals surface area contributed by atoms with Gasteiger partial charge in [0.2, 0.25) is 0 Å². The highest BCUT2D eigenvalue weighted by Crippen LogP contribution is 2.31. The van der Waals surface area contributed by atoms with Crippen molar-refractivity contribution in [2.75, 3.05) is 44.2 Å². The van der Waals surface area contributed by atoms with Crippen LogP contribution in [0, 0.1) is 0 Å². The van der Waals surface area contributed by atoms with Crippen LogP contribution in [0.15, 0.2) is 42.6 Å². The monoisotopic (exact) mass is 404 g/mol. The molecule has 1 atom stereocenters. The van der Waals surface area contributed by atoms with E-state index in [1.165, 1.54) is 11.5 Å². The SMILES string of the molecule is Cl.c1ccc2c(c1)OC[C@H](CN1CCN(c3nsc4cccnc34)CC1)O2. The molecule has 142 valence electrons. The number of halogens is 1. The van der Waals surface area contributed by atoms with E-state index >= 15 is 0 Å². The number of anilines is 1. The third-order valence-electron chi connectivity index (χ3n) is 4.91. The van der Waals surface area contributed by atoms with Crippen LogP contribution in [-0.2, 0) is 0 Å². The molecule has 0 bridgehead atoms. The van der Waals surface area contributed by atoms with Crippen molar-refractivity contribution in [2.24, 2.45) is 0 Å². The number of fused-ring (bicyclic) bond motifs is 2. The highest BCUT2D eigenvalue weighted by molar-refractivity contribution is 7.13. The molecule has 3 aromatic rings. The van der Waals surface area contributed by atoms with Crippen molar-refractivity contribution in [2.45, 2.75) is 6.10 Å². The van der Waals surface area contributed by atoms with E-state index < -0.39 is 0 Å². The van der Waals surface area contributed by atoms with Crippen molar-refractivity contribution in [1.29, 1.82) is 0 Å². The van der Waals surface area contributed by atoms with Gasteiger partial charge in [0.15, 0.2) is 17.3 Å². The molecule has 2 aliphatic rings. The Morgan fingerprint density at radius 2 is 1.85 bits per heavy atom. The number of rotatable bonds is 3. The molecule has 8 heteroatoms. The minimum atomic E-state index is 0. The molecule has 0 aliphatic carbocycles. The zero-order chi connectivity index (χ0) is 17.3. The fourth-order valence-corrected chi connectivity index (χ4v) is 4.32. The van der Waals surface area contributed by atoms with E-state index in [2.05, 4.69) is 25.2 Å². The lowest BCUT2D eigenvalue weighted by atomic mass is 10.2. The quantitative estimate of drug-likeness (QED) is 0.668. The molecule has 0 N–H and O–H groups in total. The topological polar surface area (TPSA) is 50.7 Å². The second-order valence-corrected chi connectivity index (χ2v) is 7.45. The number of hydrogen-bond donors (Lipinski definition) is 0. The van der Waals surface area contributed by atoms with Crippen molar-refractivity contribution >= 4 is 40.0 Å². The molecule has 1 aromatic carbocycles. The maximum absolute atomic E-state index is 6.09. The molecule has 0 spiro atoms. The van der Waals surface area contributed by atoms with Gasteiger partial charge in [-0.2, -0.15) is 4.37 Å². The Morgan fingerprint density at radius 1 is 1.04 bits per heavy atom. The molecule has 0 saturated carbocycles. The number of benzene rings is 1.